The van der Waals surface area contributed by atoms with Crippen LogP contribution in [0.1, 0.15) is 51.7 Å². The van der Waals surface area contributed by atoms with Crippen molar-refractivity contribution >= 4 is 11.5 Å². The third-order valence-corrected chi connectivity index (χ3v) is 6.27. The maximum absolute atomic E-state index is 13.2. The average molecular weight is 510 g/mol. The second-order valence-electron chi connectivity index (χ2n) is 9.85. The number of Topliss-reactive ketones (excluding diaryl/α,β-unsaturated/α-hetero) is 1. The van der Waals surface area contributed by atoms with Crippen molar-refractivity contribution in [2.75, 3.05) is 34.0 Å². The maximum atomic E-state index is 13.2. The van der Waals surface area contributed by atoms with E-state index in [1.54, 1.807) is 14.2 Å². The predicted octanol–water partition coefficient (Wildman–Crippen LogP) is 5.93. The van der Waals surface area contributed by atoms with Gasteiger partial charge in [-0.15, -0.1) is 0 Å². The zero-order valence-corrected chi connectivity index (χ0v) is 22.8. The Labute approximate surface area is 220 Å². The second-order valence-corrected chi connectivity index (χ2v) is 9.85. The highest BCUT2D eigenvalue weighted by atomic mass is 16.5. The molecule has 1 saturated carbocycles. The van der Waals surface area contributed by atoms with Gasteiger partial charge >= 0.3 is 0 Å². The van der Waals surface area contributed by atoms with E-state index < -0.39 is 0 Å². The van der Waals surface area contributed by atoms with Crippen molar-refractivity contribution in [3.63, 3.8) is 0 Å². The van der Waals surface area contributed by atoms with Crippen LogP contribution in [0.3, 0.4) is 0 Å². The predicted molar refractivity (Wildman–Crippen MR) is 146 cm³/mol. The minimum Gasteiger partial charge on any atom is -0.511 e. The van der Waals surface area contributed by atoms with Gasteiger partial charge in [0.05, 0.1) is 33.0 Å². The summed E-state index contributed by atoms with van der Waals surface area (Å²) in [4.78, 5) is 18.0. The summed E-state index contributed by atoms with van der Waals surface area (Å²) in [5.74, 6) is 2.59. The molecule has 3 rings (SSSR count). The van der Waals surface area contributed by atoms with E-state index in [1.165, 1.54) is 0 Å². The standard InChI is InChI=1S/C30H39NO6/c1-7-36-26-12-10-21(17-28(26)37-8-2)15-23(32)29-22(18-30(3,4)19-24(29)33)31-14-13-20-9-11-25(34-5)27(16-20)35-6/h9-12,16-17,32H,7-8,13-15,18-19H2,1-6H3. The minimum atomic E-state index is -0.218. The summed E-state index contributed by atoms with van der Waals surface area (Å²) in [6.07, 6.45) is 1.87. The van der Waals surface area contributed by atoms with Crippen LogP contribution in [0, 0.1) is 5.41 Å². The Bertz CT molecular complexity index is 1160. The van der Waals surface area contributed by atoms with Crippen molar-refractivity contribution in [2.24, 2.45) is 10.4 Å². The summed E-state index contributed by atoms with van der Waals surface area (Å²) < 4.78 is 22.1. The molecule has 0 saturated heterocycles. The lowest BCUT2D eigenvalue weighted by Gasteiger charge is -2.31. The van der Waals surface area contributed by atoms with E-state index in [2.05, 4.69) is 13.8 Å². The van der Waals surface area contributed by atoms with Crippen molar-refractivity contribution in [3.05, 3.63) is 58.9 Å². The van der Waals surface area contributed by atoms with E-state index in [0.29, 0.717) is 73.3 Å². The van der Waals surface area contributed by atoms with Gasteiger partial charge in [0.15, 0.2) is 28.8 Å². The fraction of sp³-hybridized carbons (Fsp3) is 0.467. The maximum Gasteiger partial charge on any atom is 0.168 e. The van der Waals surface area contributed by atoms with Crippen LogP contribution in [-0.4, -0.2) is 50.6 Å². The SMILES string of the molecule is CCOc1ccc(CC(O)=C2C(=O)CC(C)(C)CC2=NCCc2ccc(OC)c(OC)c2)cc1OCC. The summed E-state index contributed by atoms with van der Waals surface area (Å²) >= 11 is 0. The summed E-state index contributed by atoms with van der Waals surface area (Å²) in [6, 6.07) is 11.4. The number of aliphatic hydroxyl groups excluding tert-OH is 1. The first kappa shape index (κ1) is 28.1. The number of nitrogens with zero attached hydrogens (tertiary/aromatic N) is 1. The van der Waals surface area contributed by atoms with E-state index in [0.717, 1.165) is 11.1 Å². The second kappa shape index (κ2) is 12.7. The van der Waals surface area contributed by atoms with E-state index in [-0.39, 0.29) is 23.4 Å². The number of carbonyl (C=O) groups excluding carboxylic acids is 1. The Morgan fingerprint density at radius 3 is 2.19 bits per heavy atom. The van der Waals surface area contributed by atoms with Gasteiger partial charge in [-0.3, -0.25) is 9.79 Å². The first-order valence-electron chi connectivity index (χ1n) is 12.8. The van der Waals surface area contributed by atoms with Crippen LogP contribution in [0.25, 0.3) is 0 Å². The molecule has 2 aromatic rings. The fourth-order valence-electron chi connectivity index (χ4n) is 4.59. The molecule has 0 bridgehead atoms. The number of hydrogen-bond acceptors (Lipinski definition) is 7. The Balaban J connectivity index is 1.86. The topological polar surface area (TPSA) is 86.6 Å². The Kier molecular flexibility index (Phi) is 9.61. The highest BCUT2D eigenvalue weighted by molar-refractivity contribution is 6.24. The lowest BCUT2D eigenvalue weighted by Crippen LogP contribution is -2.33. The summed E-state index contributed by atoms with van der Waals surface area (Å²) in [5, 5.41) is 11.1. The molecular formula is C30H39NO6. The van der Waals surface area contributed by atoms with Crippen molar-refractivity contribution in [1.82, 2.24) is 0 Å². The third-order valence-electron chi connectivity index (χ3n) is 6.27. The van der Waals surface area contributed by atoms with Crippen LogP contribution in [0.5, 0.6) is 23.0 Å². The number of ether oxygens (including phenoxy) is 4. The highest BCUT2D eigenvalue weighted by Gasteiger charge is 2.36. The molecule has 7 nitrogen and oxygen atoms in total. The molecule has 0 atom stereocenters. The van der Waals surface area contributed by atoms with Gasteiger partial charge in [-0.25, -0.2) is 0 Å². The molecule has 1 aliphatic rings. The van der Waals surface area contributed by atoms with E-state index in [4.69, 9.17) is 23.9 Å². The molecule has 1 N–H and O–H groups in total. The molecule has 0 spiro atoms. The first-order valence-corrected chi connectivity index (χ1v) is 12.8. The molecule has 37 heavy (non-hydrogen) atoms. The summed E-state index contributed by atoms with van der Waals surface area (Å²) in [5.41, 5.74) is 2.67. The number of benzene rings is 2. The molecule has 0 unspecified atom stereocenters. The molecule has 0 heterocycles. The molecule has 0 aromatic heterocycles. The number of rotatable bonds is 11. The molecule has 2 aromatic carbocycles. The van der Waals surface area contributed by atoms with Crippen molar-refractivity contribution < 1.29 is 28.8 Å². The molecule has 0 radical (unpaired) electrons. The van der Waals surface area contributed by atoms with Gasteiger partial charge in [0.25, 0.3) is 0 Å². The quantitative estimate of drug-likeness (QED) is 0.299. The zero-order valence-electron chi connectivity index (χ0n) is 22.8. The van der Waals surface area contributed by atoms with Gasteiger partial charge in [-0.2, -0.15) is 0 Å². The van der Waals surface area contributed by atoms with E-state index in [1.807, 2.05) is 50.2 Å². The third kappa shape index (κ3) is 7.28. The number of aliphatic hydroxyl groups is 1. The first-order chi connectivity index (χ1) is 17.7. The molecule has 1 aliphatic carbocycles. The van der Waals surface area contributed by atoms with Crippen molar-refractivity contribution in [3.8, 4) is 23.0 Å². The van der Waals surface area contributed by atoms with Gasteiger partial charge in [0.1, 0.15) is 5.76 Å². The molecule has 0 aliphatic heterocycles. The van der Waals surface area contributed by atoms with Crippen LogP contribution in [-0.2, 0) is 17.6 Å². The van der Waals surface area contributed by atoms with Crippen molar-refractivity contribution in [2.45, 2.75) is 53.4 Å². The van der Waals surface area contributed by atoms with Gasteiger partial charge in [-0.1, -0.05) is 26.0 Å². The Morgan fingerprint density at radius 1 is 0.892 bits per heavy atom. The van der Waals surface area contributed by atoms with Gasteiger partial charge in [0, 0.05) is 25.1 Å². The van der Waals surface area contributed by atoms with Crippen LogP contribution in [0.2, 0.25) is 0 Å². The van der Waals surface area contributed by atoms with E-state index >= 15 is 0 Å². The van der Waals surface area contributed by atoms with Crippen LogP contribution in [0.4, 0.5) is 0 Å². The lowest BCUT2D eigenvalue weighted by atomic mass is 9.73. The van der Waals surface area contributed by atoms with Crippen LogP contribution in [0.15, 0.2) is 52.7 Å². The average Bonchev–Trinajstić information content (AvgIpc) is 2.84. The number of ketones is 1. The molecule has 1 fully saturated rings. The minimum absolute atomic E-state index is 0.0389. The Morgan fingerprint density at radius 2 is 1.51 bits per heavy atom. The molecule has 0 amide bonds. The summed E-state index contributed by atoms with van der Waals surface area (Å²) in [6.45, 7) is 9.47. The molecule has 200 valence electrons. The fourth-order valence-corrected chi connectivity index (χ4v) is 4.59. The number of methoxy groups -OCH3 is 2. The van der Waals surface area contributed by atoms with Crippen LogP contribution >= 0.6 is 0 Å². The monoisotopic (exact) mass is 509 g/mol. The number of allylic oxidation sites excluding steroid dienone is 2. The summed E-state index contributed by atoms with van der Waals surface area (Å²) in [7, 11) is 3.22. The Hall–Kier alpha value is -3.48. The van der Waals surface area contributed by atoms with Gasteiger partial charge in [-0.05, 0) is 67.5 Å². The lowest BCUT2D eigenvalue weighted by molar-refractivity contribution is -0.117. The van der Waals surface area contributed by atoms with Crippen molar-refractivity contribution in [1.29, 1.82) is 0 Å². The normalized spacial score (nSPS) is 17.5. The largest absolute Gasteiger partial charge is 0.511 e. The number of hydrogen-bond donors (Lipinski definition) is 1. The van der Waals surface area contributed by atoms with Gasteiger partial charge < -0.3 is 24.1 Å². The highest BCUT2D eigenvalue weighted by Crippen LogP contribution is 2.36. The number of aliphatic imine (C=N–C) groups is 1. The van der Waals surface area contributed by atoms with E-state index in [9.17, 15) is 9.90 Å². The van der Waals surface area contributed by atoms with Crippen LogP contribution < -0.4 is 18.9 Å². The smallest absolute Gasteiger partial charge is 0.168 e. The zero-order chi connectivity index (χ0) is 27.0. The van der Waals surface area contributed by atoms with Gasteiger partial charge in [0.2, 0.25) is 0 Å². The number of carbonyl (C=O) groups is 1. The molecule has 7 heteroatoms. The molecular weight excluding hydrogens is 470 g/mol.